The van der Waals surface area contributed by atoms with Gasteiger partial charge in [0.05, 0.1) is 30.0 Å². The maximum atomic E-state index is 13.0. The number of anilines is 1. The molecule has 7 nitrogen and oxygen atoms in total. The van der Waals surface area contributed by atoms with Gasteiger partial charge in [0.1, 0.15) is 0 Å². The Bertz CT molecular complexity index is 948. The van der Waals surface area contributed by atoms with Crippen molar-refractivity contribution < 1.29 is 28.7 Å². The number of rotatable bonds is 6. The zero-order chi connectivity index (χ0) is 22.6. The number of amides is 2. The van der Waals surface area contributed by atoms with Gasteiger partial charge in [-0.1, -0.05) is 32.0 Å². The fraction of sp³-hybridized carbons (Fsp3) is 0.391. The van der Waals surface area contributed by atoms with Crippen molar-refractivity contribution in [1.29, 1.82) is 0 Å². The van der Waals surface area contributed by atoms with Crippen molar-refractivity contribution in [2.75, 3.05) is 18.1 Å². The maximum absolute atomic E-state index is 13.0. The highest BCUT2D eigenvalue weighted by Crippen LogP contribution is 2.44. The van der Waals surface area contributed by atoms with Crippen molar-refractivity contribution in [3.8, 4) is 11.1 Å². The summed E-state index contributed by atoms with van der Waals surface area (Å²) >= 11 is 0. The first-order valence-corrected chi connectivity index (χ1v) is 9.90. The van der Waals surface area contributed by atoms with Crippen LogP contribution in [0.1, 0.15) is 73.7 Å². The monoisotopic (exact) mass is 413 g/mol. The van der Waals surface area contributed by atoms with Crippen molar-refractivity contribution in [2.45, 2.75) is 47.5 Å². The topological polar surface area (TPSA) is 90.0 Å². The number of esters is 2. The molecule has 0 aromatic carbocycles. The van der Waals surface area contributed by atoms with Gasteiger partial charge in [-0.3, -0.25) is 9.59 Å². The van der Waals surface area contributed by atoms with E-state index in [4.69, 9.17) is 9.47 Å². The fourth-order valence-electron chi connectivity index (χ4n) is 3.38. The maximum Gasteiger partial charge on any atom is 0.340 e. The van der Waals surface area contributed by atoms with Crippen molar-refractivity contribution in [2.24, 2.45) is 0 Å². The Morgan fingerprint density at radius 2 is 1.37 bits per heavy atom. The van der Waals surface area contributed by atoms with E-state index >= 15 is 0 Å². The minimum absolute atomic E-state index is 0.00148. The summed E-state index contributed by atoms with van der Waals surface area (Å²) in [6.07, 6.45) is 0. The Morgan fingerprint density at radius 3 is 1.80 bits per heavy atom. The van der Waals surface area contributed by atoms with E-state index in [1.54, 1.807) is 32.0 Å². The minimum Gasteiger partial charge on any atom is -0.462 e. The second-order valence-corrected chi connectivity index (χ2v) is 7.07. The number of nitrogens with zero attached hydrogens (tertiary/aromatic N) is 1. The lowest BCUT2D eigenvalue weighted by Gasteiger charge is -2.19. The molecule has 160 valence electrons. The minimum atomic E-state index is -0.724. The SMILES string of the molecule is CCOC(=O)c1c2cccc(C(C)C)cc-2c(C(=O)OCC)c1N(C(C)=O)C(C)=O. The number of ether oxygens (including phenoxy) is 2. The molecule has 0 atom stereocenters. The molecule has 0 unspecified atom stereocenters. The highest BCUT2D eigenvalue weighted by Gasteiger charge is 2.37. The molecule has 0 aliphatic heterocycles. The van der Waals surface area contributed by atoms with E-state index in [2.05, 4.69) is 0 Å². The molecule has 2 aliphatic rings. The van der Waals surface area contributed by atoms with Crippen LogP contribution in [0, 0.1) is 0 Å². The van der Waals surface area contributed by atoms with Crippen LogP contribution in [0.2, 0.25) is 0 Å². The van der Waals surface area contributed by atoms with E-state index in [0.29, 0.717) is 11.1 Å². The lowest BCUT2D eigenvalue weighted by molar-refractivity contribution is -0.124. The summed E-state index contributed by atoms with van der Waals surface area (Å²) in [4.78, 5) is 51.5. The van der Waals surface area contributed by atoms with Crippen LogP contribution >= 0.6 is 0 Å². The van der Waals surface area contributed by atoms with Crippen LogP contribution in [-0.2, 0) is 19.1 Å². The Balaban J connectivity index is 3.07. The quantitative estimate of drug-likeness (QED) is 0.661. The Kier molecular flexibility index (Phi) is 7.32. The van der Waals surface area contributed by atoms with Crippen LogP contribution < -0.4 is 4.90 Å². The van der Waals surface area contributed by atoms with Gasteiger partial charge >= 0.3 is 11.9 Å². The van der Waals surface area contributed by atoms with Crippen LogP contribution in [0.3, 0.4) is 0 Å². The molecule has 0 fully saturated rings. The largest absolute Gasteiger partial charge is 0.462 e. The Morgan fingerprint density at radius 1 is 0.867 bits per heavy atom. The van der Waals surface area contributed by atoms with Gasteiger partial charge in [0, 0.05) is 13.8 Å². The van der Waals surface area contributed by atoms with Crippen LogP contribution in [0.4, 0.5) is 5.69 Å². The average molecular weight is 413 g/mol. The summed E-state index contributed by atoms with van der Waals surface area (Å²) in [6.45, 7) is 9.89. The molecule has 2 amide bonds. The van der Waals surface area contributed by atoms with Gasteiger partial charge in [-0.05, 0) is 42.5 Å². The number of fused-ring (bicyclic) bond motifs is 1. The zero-order valence-corrected chi connectivity index (χ0v) is 18.2. The molecule has 0 radical (unpaired) electrons. The molecule has 0 bridgehead atoms. The number of carbonyl (C=O) groups excluding carboxylic acids is 4. The standard InChI is InChI=1S/C23H27NO6/c1-7-29-22(27)19-17-11-9-10-16(13(3)4)12-18(17)20(23(28)30-8-2)21(19)24(14(5)25)15(6)26/h9-13H,7-8H2,1-6H3. The summed E-state index contributed by atoms with van der Waals surface area (Å²) in [5.74, 6) is -2.55. The molecule has 2 aliphatic carbocycles. The van der Waals surface area contributed by atoms with Crippen LogP contribution in [-0.4, -0.2) is 37.0 Å². The van der Waals surface area contributed by atoms with Gasteiger partial charge in [-0.2, -0.15) is 0 Å². The third-order valence-electron chi connectivity index (χ3n) is 4.64. The van der Waals surface area contributed by atoms with Crippen molar-refractivity contribution in [3.63, 3.8) is 0 Å². The van der Waals surface area contributed by atoms with Crippen molar-refractivity contribution >= 4 is 29.4 Å². The number of carbonyl (C=O) groups is 4. The molecule has 7 heteroatoms. The van der Waals surface area contributed by atoms with Crippen LogP contribution in [0.5, 0.6) is 0 Å². The van der Waals surface area contributed by atoms with Gasteiger partial charge in [0.2, 0.25) is 11.8 Å². The molecular formula is C23H27NO6. The van der Waals surface area contributed by atoms with Gasteiger partial charge in [-0.25, -0.2) is 14.5 Å². The molecule has 0 aromatic rings. The smallest absolute Gasteiger partial charge is 0.340 e. The van der Waals surface area contributed by atoms with Gasteiger partial charge in [-0.15, -0.1) is 0 Å². The predicted molar refractivity (Wildman–Crippen MR) is 113 cm³/mol. The van der Waals surface area contributed by atoms with E-state index in [9.17, 15) is 19.2 Å². The molecular weight excluding hydrogens is 386 g/mol. The number of imide groups is 1. The second-order valence-electron chi connectivity index (χ2n) is 7.07. The summed E-state index contributed by atoms with van der Waals surface area (Å²) in [5.41, 5.74) is 1.64. The highest BCUT2D eigenvalue weighted by atomic mass is 16.5. The molecule has 0 saturated carbocycles. The molecule has 0 saturated heterocycles. The fourth-order valence-corrected chi connectivity index (χ4v) is 3.38. The second kappa shape index (κ2) is 9.52. The van der Waals surface area contributed by atoms with Crippen molar-refractivity contribution in [1.82, 2.24) is 0 Å². The van der Waals surface area contributed by atoms with Gasteiger partial charge in [0.15, 0.2) is 0 Å². The molecule has 2 rings (SSSR count). The first kappa shape index (κ1) is 23.1. The Hall–Kier alpha value is -3.22. The number of hydrogen-bond donors (Lipinski definition) is 0. The van der Waals surface area contributed by atoms with E-state index in [1.807, 2.05) is 19.9 Å². The number of hydrogen-bond acceptors (Lipinski definition) is 6. The molecule has 0 heterocycles. The van der Waals surface area contributed by atoms with E-state index in [-0.39, 0.29) is 35.9 Å². The summed E-state index contributed by atoms with van der Waals surface area (Å²) < 4.78 is 10.4. The molecule has 0 aromatic heterocycles. The third-order valence-corrected chi connectivity index (χ3v) is 4.64. The summed E-state index contributed by atoms with van der Waals surface area (Å²) in [7, 11) is 0. The molecule has 30 heavy (non-hydrogen) atoms. The predicted octanol–water partition coefficient (Wildman–Crippen LogP) is 4.17. The summed E-state index contributed by atoms with van der Waals surface area (Å²) in [5, 5.41) is 0. The zero-order valence-electron chi connectivity index (χ0n) is 18.2. The normalized spacial score (nSPS) is 10.8. The highest BCUT2D eigenvalue weighted by molar-refractivity contribution is 6.25. The van der Waals surface area contributed by atoms with Crippen molar-refractivity contribution in [3.05, 3.63) is 41.0 Å². The lowest BCUT2D eigenvalue weighted by atomic mass is 10.0. The summed E-state index contributed by atoms with van der Waals surface area (Å²) in [6, 6.07) is 7.13. The van der Waals surface area contributed by atoms with Crippen LogP contribution in [0.15, 0.2) is 24.3 Å². The van der Waals surface area contributed by atoms with E-state index in [1.165, 1.54) is 13.8 Å². The Labute approximate surface area is 176 Å². The average Bonchev–Trinajstić information content (AvgIpc) is 2.79. The molecule has 0 N–H and O–H groups in total. The van der Waals surface area contributed by atoms with Gasteiger partial charge < -0.3 is 9.47 Å². The van der Waals surface area contributed by atoms with E-state index in [0.717, 1.165) is 10.5 Å². The third kappa shape index (κ3) is 4.35. The first-order valence-electron chi connectivity index (χ1n) is 9.90. The molecule has 0 spiro atoms. The lowest BCUT2D eigenvalue weighted by Crippen LogP contribution is -2.35. The van der Waals surface area contributed by atoms with E-state index < -0.39 is 23.8 Å². The first-order chi connectivity index (χ1) is 14.1. The van der Waals surface area contributed by atoms with Gasteiger partial charge in [0.25, 0.3) is 0 Å². The van der Waals surface area contributed by atoms with Crippen LogP contribution in [0.25, 0.3) is 11.1 Å².